The van der Waals surface area contributed by atoms with Crippen molar-refractivity contribution in [2.24, 2.45) is 5.92 Å². The summed E-state index contributed by atoms with van der Waals surface area (Å²) in [6.07, 6.45) is 3.06. The molecule has 2 fully saturated rings. The molecule has 0 radical (unpaired) electrons. The Morgan fingerprint density at radius 1 is 1.25 bits per heavy atom. The quantitative estimate of drug-likeness (QED) is 0.819. The van der Waals surface area contributed by atoms with Gasteiger partial charge in [-0.2, -0.15) is 4.31 Å². The van der Waals surface area contributed by atoms with Crippen molar-refractivity contribution in [1.82, 2.24) is 4.31 Å². The van der Waals surface area contributed by atoms with Crippen molar-refractivity contribution >= 4 is 27.6 Å². The Kier molecular flexibility index (Phi) is 4.57. The monoisotopic (exact) mass is 379 g/mol. The maximum Gasteiger partial charge on any atom is 0.322 e. The van der Waals surface area contributed by atoms with Crippen LogP contribution in [0.15, 0.2) is 17.0 Å². The van der Waals surface area contributed by atoms with E-state index in [9.17, 15) is 27.1 Å². The Hall–Kier alpha value is -1.25. The fraction of sp³-hybridized carbons (Fsp3) is 0.533. The highest BCUT2D eigenvalue weighted by atomic mass is 35.5. The second-order valence-electron chi connectivity index (χ2n) is 6.21. The van der Waals surface area contributed by atoms with E-state index in [1.54, 1.807) is 0 Å². The number of halogens is 3. The van der Waals surface area contributed by atoms with Gasteiger partial charge >= 0.3 is 5.97 Å². The molecule has 1 saturated carbocycles. The van der Waals surface area contributed by atoms with Gasteiger partial charge in [-0.3, -0.25) is 4.79 Å². The average molecular weight is 380 g/mol. The number of hydrogen-bond donors (Lipinski definition) is 1. The smallest absolute Gasteiger partial charge is 0.322 e. The lowest BCUT2D eigenvalue weighted by atomic mass is 9.85. The molecule has 1 N–H and O–H groups in total. The number of aliphatic carboxylic acids is 1. The Morgan fingerprint density at radius 3 is 2.58 bits per heavy atom. The van der Waals surface area contributed by atoms with Crippen LogP contribution >= 0.6 is 11.6 Å². The van der Waals surface area contributed by atoms with Gasteiger partial charge in [0.05, 0.1) is 5.02 Å². The summed E-state index contributed by atoms with van der Waals surface area (Å²) in [6.45, 7) is 0. The van der Waals surface area contributed by atoms with E-state index in [1.165, 1.54) is 0 Å². The number of carboxylic acid groups (broad SMARTS) is 1. The summed E-state index contributed by atoms with van der Waals surface area (Å²) in [5.74, 6) is -4.30. The predicted octanol–water partition coefficient (Wildman–Crippen LogP) is 3.02. The lowest BCUT2D eigenvalue weighted by molar-refractivity contribution is -0.141. The zero-order chi connectivity index (χ0) is 17.6. The Labute approximate surface area is 143 Å². The molecule has 132 valence electrons. The highest BCUT2D eigenvalue weighted by Gasteiger charge is 2.52. The van der Waals surface area contributed by atoms with Crippen LogP contribution in [-0.4, -0.2) is 35.9 Å². The Balaban J connectivity index is 2.14. The van der Waals surface area contributed by atoms with Gasteiger partial charge in [-0.1, -0.05) is 24.4 Å². The summed E-state index contributed by atoms with van der Waals surface area (Å²) in [5, 5.41) is 8.97. The minimum absolute atomic E-state index is 0.0926. The van der Waals surface area contributed by atoms with E-state index < -0.39 is 49.6 Å². The number of fused-ring (bicyclic) bond motifs is 1. The lowest BCUT2D eigenvalue weighted by Gasteiger charge is -2.32. The maximum absolute atomic E-state index is 14.2. The normalized spacial score (nSPS) is 27.9. The van der Waals surface area contributed by atoms with Crippen molar-refractivity contribution < 1.29 is 27.1 Å². The Bertz CT molecular complexity index is 786. The van der Waals surface area contributed by atoms with E-state index in [1.807, 2.05) is 0 Å². The van der Waals surface area contributed by atoms with Crippen LogP contribution in [0.3, 0.4) is 0 Å². The number of hydrogen-bond acceptors (Lipinski definition) is 3. The summed E-state index contributed by atoms with van der Waals surface area (Å²) in [5.41, 5.74) is 0. The average Bonchev–Trinajstić information content (AvgIpc) is 2.91. The third-order valence-corrected chi connectivity index (χ3v) is 7.27. The second-order valence-corrected chi connectivity index (χ2v) is 8.40. The van der Waals surface area contributed by atoms with Gasteiger partial charge in [-0.15, -0.1) is 0 Å². The standard InChI is InChI=1S/C15H16ClF2NO4S/c16-9-5-6-10(17)13(18)14(9)24(22,23)19-11-4-2-1-3-8(11)7-12(19)15(20)21/h5-6,8,11-12H,1-4,7H2,(H,20,21). The van der Waals surface area contributed by atoms with E-state index in [0.29, 0.717) is 6.42 Å². The van der Waals surface area contributed by atoms with Crippen LogP contribution in [0.25, 0.3) is 0 Å². The number of nitrogens with zero attached hydrogens (tertiary/aromatic N) is 1. The SMILES string of the molecule is O=C(O)C1CC2CCCCC2N1S(=O)(=O)c1c(Cl)ccc(F)c1F. The van der Waals surface area contributed by atoms with Gasteiger partial charge in [-0.05, 0) is 37.3 Å². The molecule has 0 spiro atoms. The first-order chi connectivity index (χ1) is 11.2. The maximum atomic E-state index is 14.2. The zero-order valence-electron chi connectivity index (χ0n) is 12.6. The van der Waals surface area contributed by atoms with Gasteiger partial charge in [0.2, 0.25) is 10.0 Å². The number of carbonyl (C=O) groups is 1. The van der Waals surface area contributed by atoms with Crippen molar-refractivity contribution in [1.29, 1.82) is 0 Å². The first-order valence-corrected chi connectivity index (χ1v) is 9.46. The van der Waals surface area contributed by atoms with Crippen LogP contribution in [0.2, 0.25) is 5.02 Å². The number of sulfonamides is 1. The fourth-order valence-electron chi connectivity index (χ4n) is 3.83. The van der Waals surface area contributed by atoms with Crippen LogP contribution in [0.4, 0.5) is 8.78 Å². The third kappa shape index (κ3) is 2.70. The van der Waals surface area contributed by atoms with Crippen LogP contribution in [0.5, 0.6) is 0 Å². The molecule has 9 heteroatoms. The molecule has 0 bridgehead atoms. The molecule has 24 heavy (non-hydrogen) atoms. The number of rotatable bonds is 3. The zero-order valence-corrected chi connectivity index (χ0v) is 14.2. The van der Waals surface area contributed by atoms with E-state index in [0.717, 1.165) is 35.7 Å². The van der Waals surface area contributed by atoms with Gasteiger partial charge in [0.1, 0.15) is 10.9 Å². The molecule has 1 aliphatic carbocycles. The van der Waals surface area contributed by atoms with Crippen molar-refractivity contribution in [2.75, 3.05) is 0 Å². The largest absolute Gasteiger partial charge is 0.480 e. The highest BCUT2D eigenvalue weighted by Crippen LogP contribution is 2.44. The third-order valence-electron chi connectivity index (χ3n) is 4.85. The van der Waals surface area contributed by atoms with Crippen molar-refractivity contribution in [3.63, 3.8) is 0 Å². The number of benzene rings is 1. The minimum Gasteiger partial charge on any atom is -0.480 e. The summed E-state index contributed by atoms with van der Waals surface area (Å²) < 4.78 is 54.5. The van der Waals surface area contributed by atoms with E-state index >= 15 is 0 Å². The topological polar surface area (TPSA) is 74.7 Å². The molecule has 5 nitrogen and oxygen atoms in total. The first-order valence-electron chi connectivity index (χ1n) is 7.65. The molecule has 1 saturated heterocycles. The molecule has 0 amide bonds. The van der Waals surface area contributed by atoms with Crippen LogP contribution < -0.4 is 0 Å². The Morgan fingerprint density at radius 2 is 1.92 bits per heavy atom. The second kappa shape index (κ2) is 6.24. The lowest BCUT2D eigenvalue weighted by Crippen LogP contribution is -2.46. The van der Waals surface area contributed by atoms with Gasteiger partial charge in [0.15, 0.2) is 11.6 Å². The molecule has 3 rings (SSSR count). The molecule has 1 aliphatic heterocycles. The number of carboxylic acids is 1. The minimum atomic E-state index is -4.58. The van der Waals surface area contributed by atoms with E-state index in [-0.39, 0.29) is 12.3 Å². The van der Waals surface area contributed by atoms with Gasteiger partial charge < -0.3 is 5.11 Å². The van der Waals surface area contributed by atoms with Crippen LogP contribution in [0, 0.1) is 17.6 Å². The molecule has 1 aromatic rings. The summed E-state index contributed by atoms with van der Waals surface area (Å²) in [7, 11) is -4.58. The molecular formula is C15H16ClF2NO4S. The molecule has 0 aromatic heterocycles. The van der Waals surface area contributed by atoms with Crippen molar-refractivity contribution in [3.05, 3.63) is 28.8 Å². The van der Waals surface area contributed by atoms with Crippen LogP contribution in [-0.2, 0) is 14.8 Å². The highest BCUT2D eigenvalue weighted by molar-refractivity contribution is 7.89. The molecule has 1 heterocycles. The summed E-state index contributed by atoms with van der Waals surface area (Å²) >= 11 is 5.81. The van der Waals surface area contributed by atoms with Crippen molar-refractivity contribution in [3.8, 4) is 0 Å². The fourth-order valence-corrected chi connectivity index (χ4v) is 6.26. The van der Waals surface area contributed by atoms with Crippen molar-refractivity contribution in [2.45, 2.75) is 49.1 Å². The van der Waals surface area contributed by atoms with E-state index in [2.05, 4.69) is 0 Å². The molecular weight excluding hydrogens is 364 g/mol. The van der Waals surface area contributed by atoms with E-state index in [4.69, 9.17) is 11.6 Å². The molecule has 1 aromatic carbocycles. The van der Waals surface area contributed by atoms with Gasteiger partial charge in [-0.25, -0.2) is 17.2 Å². The first kappa shape index (κ1) is 17.6. The molecule has 3 unspecified atom stereocenters. The molecule has 2 aliphatic rings. The van der Waals surface area contributed by atoms with Gasteiger partial charge in [0.25, 0.3) is 0 Å². The molecule has 3 atom stereocenters. The predicted molar refractivity (Wildman–Crippen MR) is 82.2 cm³/mol. The van der Waals surface area contributed by atoms with Crippen LogP contribution in [0.1, 0.15) is 32.1 Å². The van der Waals surface area contributed by atoms with Gasteiger partial charge in [0, 0.05) is 6.04 Å². The summed E-state index contributed by atoms with van der Waals surface area (Å²) in [6, 6.07) is -0.124. The summed E-state index contributed by atoms with van der Waals surface area (Å²) in [4.78, 5) is 10.6.